The third-order valence-corrected chi connectivity index (χ3v) is 3.32. The van der Waals surface area contributed by atoms with Gasteiger partial charge in [0.2, 0.25) is 5.91 Å². The average molecular weight is 362 g/mol. The van der Waals surface area contributed by atoms with E-state index in [0.29, 0.717) is 17.1 Å². The molecule has 0 heterocycles. The summed E-state index contributed by atoms with van der Waals surface area (Å²) in [5, 5.41) is 0. The molecular weight excluding hydrogens is 343 g/mol. The second-order valence-electron chi connectivity index (χ2n) is 5.21. The molecule has 0 atom stereocenters. The zero-order chi connectivity index (χ0) is 18.9. The molecule has 2 N–H and O–H groups in total. The van der Waals surface area contributed by atoms with E-state index in [1.807, 2.05) is 0 Å². The number of hydrogen-bond donors (Lipinski definition) is 2. The number of amides is 2. The summed E-state index contributed by atoms with van der Waals surface area (Å²) in [6, 6.07) is 10.5. The normalized spacial score (nSPS) is 9.96. The third-order valence-electron chi connectivity index (χ3n) is 3.32. The number of benzene rings is 2. The number of methoxy groups -OCH3 is 2. The van der Waals surface area contributed by atoms with Crippen LogP contribution in [0.25, 0.3) is 0 Å². The average Bonchev–Trinajstić information content (AvgIpc) is 2.64. The molecule has 26 heavy (non-hydrogen) atoms. The predicted octanol–water partition coefficient (Wildman–Crippen LogP) is 1.61. The standard InChI is InChI=1S/C18H19FN2O5/c1-24-15-7-6-12(8-16(15)25-2)9-17(22)20-21-18(23)11-26-14-5-3-4-13(19)10-14/h3-8,10H,9,11H2,1-2H3,(H,20,22)(H,21,23). The fraction of sp³-hybridized carbons (Fsp3) is 0.222. The van der Waals surface area contributed by atoms with E-state index in [9.17, 15) is 14.0 Å². The molecule has 2 amide bonds. The molecule has 0 spiro atoms. The van der Waals surface area contributed by atoms with Crippen LogP contribution in [0.4, 0.5) is 4.39 Å². The molecule has 0 saturated carbocycles. The van der Waals surface area contributed by atoms with Gasteiger partial charge in [-0.3, -0.25) is 20.4 Å². The van der Waals surface area contributed by atoms with Crippen LogP contribution in [0, 0.1) is 5.82 Å². The maximum atomic E-state index is 13.0. The van der Waals surface area contributed by atoms with Crippen molar-refractivity contribution in [2.45, 2.75) is 6.42 Å². The van der Waals surface area contributed by atoms with Gasteiger partial charge in [-0.1, -0.05) is 12.1 Å². The molecule has 0 unspecified atom stereocenters. The zero-order valence-corrected chi connectivity index (χ0v) is 14.4. The van der Waals surface area contributed by atoms with Gasteiger partial charge in [-0.05, 0) is 29.8 Å². The molecule has 0 aliphatic rings. The first-order valence-corrected chi connectivity index (χ1v) is 7.68. The van der Waals surface area contributed by atoms with E-state index in [1.54, 1.807) is 18.2 Å². The van der Waals surface area contributed by atoms with Crippen LogP contribution in [0.15, 0.2) is 42.5 Å². The Morgan fingerprint density at radius 1 is 0.962 bits per heavy atom. The fourth-order valence-electron chi connectivity index (χ4n) is 2.10. The molecular formula is C18H19FN2O5. The second kappa shape index (κ2) is 9.26. The van der Waals surface area contributed by atoms with Crippen LogP contribution in [-0.2, 0) is 16.0 Å². The van der Waals surface area contributed by atoms with E-state index in [-0.39, 0.29) is 18.8 Å². The van der Waals surface area contributed by atoms with Crippen molar-refractivity contribution >= 4 is 11.8 Å². The van der Waals surface area contributed by atoms with Gasteiger partial charge in [0, 0.05) is 6.07 Å². The Bertz CT molecular complexity index is 782. The summed E-state index contributed by atoms with van der Waals surface area (Å²) in [6.45, 7) is -0.361. The van der Waals surface area contributed by atoms with E-state index in [0.717, 1.165) is 6.07 Å². The van der Waals surface area contributed by atoms with Crippen LogP contribution < -0.4 is 25.1 Å². The first kappa shape index (κ1) is 19.0. The van der Waals surface area contributed by atoms with Gasteiger partial charge < -0.3 is 14.2 Å². The highest BCUT2D eigenvalue weighted by Gasteiger charge is 2.10. The lowest BCUT2D eigenvalue weighted by Gasteiger charge is -2.11. The summed E-state index contributed by atoms with van der Waals surface area (Å²) in [5.74, 6) is -0.182. The number of hydrazine groups is 1. The largest absolute Gasteiger partial charge is 0.493 e. The molecule has 138 valence electrons. The van der Waals surface area contributed by atoms with Crippen molar-refractivity contribution in [3.05, 3.63) is 53.8 Å². The highest BCUT2D eigenvalue weighted by Crippen LogP contribution is 2.27. The molecule has 2 rings (SSSR count). The highest BCUT2D eigenvalue weighted by molar-refractivity contribution is 5.84. The Hall–Kier alpha value is -3.29. The van der Waals surface area contributed by atoms with Crippen LogP contribution >= 0.6 is 0 Å². The van der Waals surface area contributed by atoms with Crippen LogP contribution in [0.1, 0.15) is 5.56 Å². The number of hydrogen-bond acceptors (Lipinski definition) is 5. The Labute approximate surface area is 150 Å². The Morgan fingerprint density at radius 3 is 2.38 bits per heavy atom. The Morgan fingerprint density at radius 2 is 1.69 bits per heavy atom. The van der Waals surface area contributed by atoms with Crippen LogP contribution in [-0.4, -0.2) is 32.6 Å². The van der Waals surface area contributed by atoms with Crippen LogP contribution in [0.5, 0.6) is 17.2 Å². The van der Waals surface area contributed by atoms with Crippen molar-refractivity contribution in [2.75, 3.05) is 20.8 Å². The number of carbonyl (C=O) groups is 2. The molecule has 0 radical (unpaired) electrons. The van der Waals surface area contributed by atoms with Crippen molar-refractivity contribution < 1.29 is 28.2 Å². The van der Waals surface area contributed by atoms with Crippen LogP contribution in [0.3, 0.4) is 0 Å². The number of nitrogens with one attached hydrogen (secondary N) is 2. The quantitative estimate of drug-likeness (QED) is 0.731. The summed E-state index contributed by atoms with van der Waals surface area (Å²) in [6.07, 6.45) is 0.0331. The van der Waals surface area contributed by atoms with Gasteiger partial charge in [-0.2, -0.15) is 0 Å². The van der Waals surface area contributed by atoms with Crippen molar-refractivity contribution in [3.8, 4) is 17.2 Å². The maximum absolute atomic E-state index is 13.0. The maximum Gasteiger partial charge on any atom is 0.276 e. The lowest BCUT2D eigenvalue weighted by Crippen LogP contribution is -2.44. The molecule has 2 aromatic rings. The van der Waals surface area contributed by atoms with Crippen molar-refractivity contribution in [1.29, 1.82) is 0 Å². The van der Waals surface area contributed by atoms with Gasteiger partial charge >= 0.3 is 0 Å². The molecule has 0 saturated heterocycles. The molecule has 0 aromatic heterocycles. The van der Waals surface area contributed by atoms with Crippen molar-refractivity contribution in [2.24, 2.45) is 0 Å². The minimum Gasteiger partial charge on any atom is -0.493 e. The van der Waals surface area contributed by atoms with E-state index < -0.39 is 17.6 Å². The van der Waals surface area contributed by atoms with Crippen molar-refractivity contribution in [3.63, 3.8) is 0 Å². The molecule has 0 aliphatic carbocycles. The summed E-state index contributed by atoms with van der Waals surface area (Å²) in [7, 11) is 3.02. The molecule has 0 bridgehead atoms. The van der Waals surface area contributed by atoms with Crippen LogP contribution in [0.2, 0.25) is 0 Å². The molecule has 0 aliphatic heterocycles. The predicted molar refractivity (Wildman–Crippen MR) is 91.4 cm³/mol. The van der Waals surface area contributed by atoms with Crippen molar-refractivity contribution in [1.82, 2.24) is 10.9 Å². The highest BCUT2D eigenvalue weighted by atomic mass is 19.1. The monoisotopic (exact) mass is 362 g/mol. The summed E-state index contributed by atoms with van der Waals surface area (Å²) >= 11 is 0. The lowest BCUT2D eigenvalue weighted by molar-refractivity contribution is -0.129. The molecule has 8 heteroatoms. The Kier molecular flexibility index (Phi) is 6.78. The second-order valence-corrected chi connectivity index (χ2v) is 5.21. The first-order valence-electron chi connectivity index (χ1n) is 7.68. The van der Waals surface area contributed by atoms with E-state index in [2.05, 4.69) is 10.9 Å². The summed E-state index contributed by atoms with van der Waals surface area (Å²) in [4.78, 5) is 23.6. The minimum absolute atomic E-state index is 0.0331. The molecule has 2 aromatic carbocycles. The fourth-order valence-corrected chi connectivity index (χ4v) is 2.10. The number of rotatable bonds is 7. The van der Waals surface area contributed by atoms with E-state index in [1.165, 1.54) is 32.4 Å². The van der Waals surface area contributed by atoms with E-state index >= 15 is 0 Å². The topological polar surface area (TPSA) is 85.9 Å². The smallest absolute Gasteiger partial charge is 0.276 e. The first-order chi connectivity index (χ1) is 12.5. The van der Waals surface area contributed by atoms with Gasteiger partial charge in [0.05, 0.1) is 20.6 Å². The molecule has 7 nitrogen and oxygen atoms in total. The lowest BCUT2D eigenvalue weighted by atomic mass is 10.1. The minimum atomic E-state index is -0.574. The van der Waals surface area contributed by atoms with Gasteiger partial charge in [0.15, 0.2) is 18.1 Å². The number of carbonyl (C=O) groups excluding carboxylic acids is 2. The Balaban J connectivity index is 1.78. The SMILES string of the molecule is COc1ccc(CC(=O)NNC(=O)COc2cccc(F)c2)cc1OC. The third kappa shape index (κ3) is 5.66. The molecule has 0 fully saturated rings. The van der Waals surface area contributed by atoms with Gasteiger partial charge in [-0.15, -0.1) is 0 Å². The van der Waals surface area contributed by atoms with Gasteiger partial charge in [0.25, 0.3) is 5.91 Å². The van der Waals surface area contributed by atoms with E-state index in [4.69, 9.17) is 14.2 Å². The number of ether oxygens (including phenoxy) is 3. The summed E-state index contributed by atoms with van der Waals surface area (Å²) in [5.41, 5.74) is 5.19. The van der Waals surface area contributed by atoms with Gasteiger partial charge in [0.1, 0.15) is 11.6 Å². The summed E-state index contributed by atoms with van der Waals surface area (Å²) < 4.78 is 28.4. The zero-order valence-electron chi connectivity index (χ0n) is 14.4. The van der Waals surface area contributed by atoms with Gasteiger partial charge in [-0.25, -0.2) is 4.39 Å². The number of halogens is 1.